The Bertz CT molecular complexity index is 1410. The van der Waals surface area contributed by atoms with Gasteiger partial charge < -0.3 is 0 Å². The van der Waals surface area contributed by atoms with Crippen LogP contribution in [0.15, 0.2) is 39.3 Å². The minimum Gasteiger partial charge on any atom is -0.286 e. The number of nitrogens with zero attached hydrogens (tertiary/aromatic N) is 2. The molecule has 2 aromatic rings. The van der Waals surface area contributed by atoms with Crippen molar-refractivity contribution in [3.63, 3.8) is 0 Å². The third kappa shape index (κ3) is 6.45. The summed E-state index contributed by atoms with van der Waals surface area (Å²) in [5, 5.41) is 2.29. The number of hydrogen-bond acceptors (Lipinski definition) is 7. The molecule has 0 aliphatic carbocycles. The summed E-state index contributed by atoms with van der Waals surface area (Å²) in [6.45, 7) is 10.4. The second-order valence-electron chi connectivity index (χ2n) is 9.13. The number of rotatable bonds is 10. The molecule has 3 heterocycles. The van der Waals surface area contributed by atoms with Crippen molar-refractivity contribution in [1.29, 1.82) is 0 Å². The van der Waals surface area contributed by atoms with Crippen LogP contribution in [0, 0.1) is 0 Å². The SMILES string of the molecule is CCC(=Cc1sc2c([n+]1CC)[Te]C(C)C(C)=C2)C=C1Sc2cc(OC)c(OC)cc2N1CCCS(=O)(=O)O. The summed E-state index contributed by atoms with van der Waals surface area (Å²) >= 11 is 3.23. The van der Waals surface area contributed by atoms with Crippen LogP contribution >= 0.6 is 23.1 Å². The van der Waals surface area contributed by atoms with Crippen LogP contribution in [0.4, 0.5) is 5.69 Å². The van der Waals surface area contributed by atoms with Gasteiger partial charge in [0.15, 0.2) is 0 Å². The van der Waals surface area contributed by atoms with Gasteiger partial charge in [-0.25, -0.2) is 0 Å². The zero-order valence-electron chi connectivity index (χ0n) is 22.6. The van der Waals surface area contributed by atoms with E-state index in [2.05, 4.69) is 55.4 Å². The van der Waals surface area contributed by atoms with Crippen LogP contribution in [0.2, 0.25) is 3.97 Å². The molecule has 0 spiro atoms. The van der Waals surface area contributed by atoms with Gasteiger partial charge in [0.25, 0.3) is 0 Å². The Labute approximate surface area is 244 Å². The predicted molar refractivity (Wildman–Crippen MR) is 159 cm³/mol. The number of allylic oxidation sites excluding steroid dienone is 3. The summed E-state index contributed by atoms with van der Waals surface area (Å²) in [7, 11) is -0.810. The summed E-state index contributed by atoms with van der Waals surface area (Å²) in [6.07, 6.45) is 8.04. The topological polar surface area (TPSA) is 80.0 Å². The Morgan fingerprint density at radius 2 is 1.95 bits per heavy atom. The zero-order valence-corrected chi connectivity index (χ0v) is 27.4. The van der Waals surface area contributed by atoms with E-state index >= 15 is 0 Å². The molecule has 1 unspecified atom stereocenters. The Morgan fingerprint density at radius 1 is 1.24 bits per heavy atom. The molecule has 4 rings (SSSR count). The normalized spacial score (nSPS) is 18.4. The van der Waals surface area contributed by atoms with Crippen molar-refractivity contribution >= 4 is 75.7 Å². The molecule has 7 nitrogen and oxygen atoms in total. The molecule has 0 saturated heterocycles. The molecule has 1 atom stereocenters. The van der Waals surface area contributed by atoms with Gasteiger partial charge in [-0.05, 0) is 0 Å². The number of thiazole rings is 1. The second kappa shape index (κ2) is 12.4. The number of thioether (sulfide) groups is 1. The maximum atomic E-state index is 11.4. The van der Waals surface area contributed by atoms with Crippen molar-refractivity contribution < 1.29 is 27.0 Å². The molecular formula is C27H35N2O5S3Te+. The van der Waals surface area contributed by atoms with Crippen molar-refractivity contribution in [3.8, 4) is 11.5 Å². The minimum absolute atomic E-state index is 0.278. The third-order valence-corrected chi connectivity index (χ3v) is 13.9. The summed E-state index contributed by atoms with van der Waals surface area (Å²) < 4.78 is 47.9. The Hall–Kier alpha value is -1.48. The van der Waals surface area contributed by atoms with Crippen molar-refractivity contribution in [1.82, 2.24) is 0 Å². The summed E-state index contributed by atoms with van der Waals surface area (Å²) in [4.78, 5) is 4.55. The molecule has 0 bridgehead atoms. The molecule has 0 radical (unpaired) electrons. The molecule has 1 N–H and O–H groups in total. The van der Waals surface area contributed by atoms with Crippen LogP contribution in [0.3, 0.4) is 0 Å². The van der Waals surface area contributed by atoms with E-state index in [1.54, 1.807) is 29.7 Å². The van der Waals surface area contributed by atoms with Crippen LogP contribution in [0.25, 0.3) is 12.2 Å². The summed E-state index contributed by atoms with van der Waals surface area (Å²) in [5.41, 5.74) is 3.64. The van der Waals surface area contributed by atoms with Gasteiger partial charge in [-0.1, -0.05) is 0 Å². The zero-order chi connectivity index (χ0) is 27.6. The molecular weight excluding hydrogens is 656 g/mol. The van der Waals surface area contributed by atoms with Gasteiger partial charge >= 0.3 is 219 Å². The van der Waals surface area contributed by atoms with Crippen molar-refractivity contribution in [2.75, 3.05) is 31.4 Å². The number of ether oxygens (including phenoxy) is 2. The van der Waals surface area contributed by atoms with Crippen molar-refractivity contribution in [2.24, 2.45) is 0 Å². The van der Waals surface area contributed by atoms with Gasteiger partial charge in [0.1, 0.15) is 0 Å². The van der Waals surface area contributed by atoms with Gasteiger partial charge in [-0.2, -0.15) is 8.42 Å². The first kappa shape index (κ1) is 29.5. The van der Waals surface area contributed by atoms with Gasteiger partial charge in [0, 0.05) is 0 Å². The molecule has 1 aromatic carbocycles. The Morgan fingerprint density at radius 3 is 2.58 bits per heavy atom. The molecule has 11 heteroatoms. The van der Waals surface area contributed by atoms with E-state index in [4.69, 9.17) is 9.47 Å². The molecule has 0 saturated carbocycles. The monoisotopic (exact) mass is 693 g/mol. The van der Waals surface area contributed by atoms with E-state index < -0.39 is 10.1 Å². The van der Waals surface area contributed by atoms with E-state index in [9.17, 15) is 13.0 Å². The van der Waals surface area contributed by atoms with Crippen LogP contribution in [-0.2, 0) is 16.7 Å². The van der Waals surface area contributed by atoms with Crippen LogP contribution in [0.5, 0.6) is 11.5 Å². The fourth-order valence-electron chi connectivity index (χ4n) is 4.38. The van der Waals surface area contributed by atoms with E-state index in [0.29, 0.717) is 28.4 Å². The number of anilines is 1. The fourth-order valence-corrected chi connectivity index (χ4v) is 11.3. The average molecular weight is 691 g/mol. The standard InChI is InChI=1S/C27H34N2O5S3Te/c1-7-19(13-25-28(8-2)27-24(36-25)12-17(3)18(4)38-27)14-26-29(10-9-11-37(30,31)32)20-15-21(33-5)22(34-6)16-23(20)35-26/h12-16,18H,7-11H2,1-6H3/p+1. The first-order chi connectivity index (χ1) is 18.1. The summed E-state index contributed by atoms with van der Waals surface area (Å²) in [5.74, 6) is 0.986. The second-order valence-corrected chi connectivity index (χ2v) is 16.6. The van der Waals surface area contributed by atoms with Gasteiger partial charge in [0.2, 0.25) is 0 Å². The van der Waals surface area contributed by atoms with E-state index in [1.807, 2.05) is 23.5 Å². The van der Waals surface area contributed by atoms with Crippen LogP contribution in [-0.4, -0.2) is 60.4 Å². The molecule has 206 valence electrons. The first-order valence-electron chi connectivity index (χ1n) is 12.6. The minimum atomic E-state index is -4.03. The Kier molecular flexibility index (Phi) is 9.60. The van der Waals surface area contributed by atoms with E-state index in [0.717, 1.165) is 28.6 Å². The Balaban J connectivity index is 1.73. The third-order valence-electron chi connectivity index (χ3n) is 6.59. The van der Waals surface area contributed by atoms with Gasteiger partial charge in [-0.3, -0.25) is 4.55 Å². The van der Waals surface area contributed by atoms with Crippen LogP contribution < -0.4 is 22.7 Å². The number of aromatic nitrogens is 1. The fraction of sp³-hybridized carbons (Fsp3) is 0.444. The van der Waals surface area contributed by atoms with Crippen molar-refractivity contribution in [2.45, 2.75) is 55.9 Å². The summed E-state index contributed by atoms with van der Waals surface area (Å²) in [6, 6.07) is 3.90. The molecule has 2 aliphatic heterocycles. The molecule has 1 aromatic heterocycles. The number of hydrogen-bond donors (Lipinski definition) is 1. The maximum absolute atomic E-state index is 11.4. The van der Waals surface area contributed by atoms with Gasteiger partial charge in [0.05, 0.1) is 14.2 Å². The first-order valence-corrected chi connectivity index (χ1v) is 18.3. The number of methoxy groups -OCH3 is 2. The quantitative estimate of drug-likeness (QED) is 0.210. The molecule has 2 aliphatic rings. The number of benzene rings is 1. The molecule has 0 amide bonds. The van der Waals surface area contributed by atoms with Crippen molar-refractivity contribution in [3.05, 3.63) is 44.3 Å². The van der Waals surface area contributed by atoms with Crippen LogP contribution in [0.1, 0.15) is 50.4 Å². The van der Waals surface area contributed by atoms with E-state index in [-0.39, 0.29) is 26.7 Å². The average Bonchev–Trinajstić information content (AvgIpc) is 3.37. The van der Waals surface area contributed by atoms with Gasteiger partial charge in [-0.15, -0.1) is 0 Å². The molecule has 38 heavy (non-hydrogen) atoms. The number of fused-ring (bicyclic) bond motifs is 2. The van der Waals surface area contributed by atoms with E-state index in [1.165, 1.54) is 21.0 Å². The molecule has 0 fully saturated rings. The predicted octanol–water partition coefficient (Wildman–Crippen LogP) is 5.15. The smallest absolute Gasteiger partial charge is 0.286 e.